The third-order valence-electron chi connectivity index (χ3n) is 7.88. The van der Waals surface area contributed by atoms with Crippen LogP contribution in [0.3, 0.4) is 0 Å². The van der Waals surface area contributed by atoms with Crippen LogP contribution in [0.4, 0.5) is 0 Å². The smallest absolute Gasteiger partial charge is 0.338 e. The van der Waals surface area contributed by atoms with Gasteiger partial charge >= 0.3 is 23.9 Å². The molecule has 0 fully saturated rings. The number of aliphatic hydroxyl groups is 1. The second-order valence-corrected chi connectivity index (χ2v) is 11.9. The van der Waals surface area contributed by atoms with E-state index in [-0.39, 0.29) is 55.3 Å². The van der Waals surface area contributed by atoms with E-state index in [0.717, 1.165) is 0 Å². The van der Waals surface area contributed by atoms with Crippen molar-refractivity contribution in [2.45, 2.75) is 31.5 Å². The molecule has 0 saturated heterocycles. The Hall–Kier alpha value is -5.44. The normalized spacial score (nSPS) is 13.8. The van der Waals surface area contributed by atoms with Crippen LogP contribution < -0.4 is 5.73 Å². The maximum absolute atomic E-state index is 13.7. The molecular weight excluding hydrogens is 698 g/mol. The Balaban J connectivity index is 1.70. The van der Waals surface area contributed by atoms with E-state index in [9.17, 15) is 24.3 Å². The zero-order valence-corrected chi connectivity index (χ0v) is 29.9. The molecule has 0 heterocycles. The van der Waals surface area contributed by atoms with E-state index in [4.69, 9.17) is 38.9 Å². The molecule has 286 valence electrons. The van der Waals surface area contributed by atoms with E-state index in [1.54, 1.807) is 91.9 Å². The summed E-state index contributed by atoms with van der Waals surface area (Å²) in [4.78, 5) is 53.9. The van der Waals surface area contributed by atoms with Gasteiger partial charge in [0.05, 0.1) is 61.9 Å². The predicted octanol–water partition coefficient (Wildman–Crippen LogP) is 4.48. The molecule has 0 spiro atoms. The number of hydrogen-bond donors (Lipinski definition) is 2. The third-order valence-corrected chi connectivity index (χ3v) is 7.88. The summed E-state index contributed by atoms with van der Waals surface area (Å²) >= 11 is 0. The number of esters is 4. The van der Waals surface area contributed by atoms with Gasteiger partial charge < -0.3 is 44.0 Å². The maximum Gasteiger partial charge on any atom is 0.338 e. The van der Waals surface area contributed by atoms with Gasteiger partial charge in [-0.1, -0.05) is 79.7 Å². The Bertz CT molecular complexity index is 1710. The summed E-state index contributed by atoms with van der Waals surface area (Å²) in [5, 5.41) is 11.6. The van der Waals surface area contributed by atoms with Crippen molar-refractivity contribution in [2.24, 2.45) is 11.7 Å². The quantitative estimate of drug-likeness (QED) is 0.0499. The molecule has 54 heavy (non-hydrogen) atoms. The van der Waals surface area contributed by atoms with Crippen LogP contribution in [-0.2, 0) is 33.2 Å². The van der Waals surface area contributed by atoms with Gasteiger partial charge in [-0.15, -0.1) is 0 Å². The van der Waals surface area contributed by atoms with Crippen molar-refractivity contribution in [3.05, 3.63) is 144 Å². The van der Waals surface area contributed by atoms with Crippen LogP contribution in [0.25, 0.3) is 0 Å². The Morgan fingerprint density at radius 2 is 0.889 bits per heavy atom. The number of carbonyl (C=O) groups is 4. The van der Waals surface area contributed by atoms with Gasteiger partial charge in [-0.3, -0.25) is 0 Å². The lowest BCUT2D eigenvalue weighted by Crippen LogP contribution is -2.54. The fourth-order valence-electron chi connectivity index (χ4n) is 5.10. The molecule has 4 rings (SSSR count). The number of rotatable bonds is 22. The van der Waals surface area contributed by atoms with Gasteiger partial charge in [0.2, 0.25) is 0 Å². The Morgan fingerprint density at radius 3 is 1.33 bits per heavy atom. The molecule has 13 heteroatoms. The first-order valence-electron chi connectivity index (χ1n) is 17.4. The second kappa shape index (κ2) is 22.6. The lowest BCUT2D eigenvalue weighted by Gasteiger charge is -2.36. The molecule has 0 saturated carbocycles. The molecule has 4 aromatic rings. The molecular formula is C41H45NO12. The molecule has 0 aliphatic carbocycles. The first kappa shape index (κ1) is 41.3. The van der Waals surface area contributed by atoms with E-state index in [1.165, 1.54) is 36.4 Å². The van der Waals surface area contributed by atoms with Crippen LogP contribution in [0.5, 0.6) is 0 Å². The molecule has 5 atom stereocenters. The largest absolute Gasteiger partial charge is 0.462 e. The summed E-state index contributed by atoms with van der Waals surface area (Å²) < 4.78 is 40.0. The molecule has 0 radical (unpaired) electrons. The van der Waals surface area contributed by atoms with Crippen molar-refractivity contribution in [2.75, 3.05) is 46.2 Å². The highest BCUT2D eigenvalue weighted by Crippen LogP contribution is 2.26. The first-order chi connectivity index (χ1) is 26.3. The average molecular weight is 744 g/mol. The van der Waals surface area contributed by atoms with Crippen LogP contribution in [0.15, 0.2) is 121 Å². The number of ether oxygens (including phenoxy) is 7. The zero-order valence-electron chi connectivity index (χ0n) is 29.9. The van der Waals surface area contributed by atoms with Crippen molar-refractivity contribution in [3.63, 3.8) is 0 Å². The molecule has 0 aliphatic rings. The maximum atomic E-state index is 13.7. The molecule has 0 aromatic heterocycles. The van der Waals surface area contributed by atoms with Crippen LogP contribution in [-0.4, -0.2) is 99.8 Å². The fourth-order valence-corrected chi connectivity index (χ4v) is 5.10. The third kappa shape index (κ3) is 13.2. The van der Waals surface area contributed by atoms with Crippen molar-refractivity contribution in [3.8, 4) is 0 Å². The lowest BCUT2D eigenvalue weighted by atomic mass is 9.95. The van der Waals surface area contributed by atoms with Crippen LogP contribution in [0, 0.1) is 5.92 Å². The summed E-state index contributed by atoms with van der Waals surface area (Å²) in [6.07, 6.45) is -6.94. The topological polar surface area (TPSA) is 179 Å². The SMILES string of the molecule is CC(COC(=O)c1ccccc1)[C@@H](OC(=O)c1ccccc1)C(OC(=O)c1ccccc1)C(OC(=O)c1ccccc1)[C@H](O)OCCOCCOCCN. The van der Waals surface area contributed by atoms with Gasteiger partial charge in [-0.05, 0) is 48.5 Å². The number of nitrogens with two attached hydrogens (primary N) is 1. The van der Waals surface area contributed by atoms with E-state index < -0.39 is 54.4 Å². The van der Waals surface area contributed by atoms with Crippen molar-refractivity contribution >= 4 is 23.9 Å². The summed E-state index contributed by atoms with van der Waals surface area (Å²) in [7, 11) is 0. The number of aliphatic hydroxyl groups excluding tert-OH is 1. The summed E-state index contributed by atoms with van der Waals surface area (Å²) in [5.41, 5.74) is 6.10. The summed E-state index contributed by atoms with van der Waals surface area (Å²) in [6.45, 7) is 2.32. The first-order valence-corrected chi connectivity index (χ1v) is 17.4. The van der Waals surface area contributed by atoms with Gasteiger partial charge in [0.15, 0.2) is 18.5 Å². The van der Waals surface area contributed by atoms with Crippen molar-refractivity contribution in [1.82, 2.24) is 0 Å². The molecule has 4 aromatic carbocycles. The minimum Gasteiger partial charge on any atom is -0.462 e. The van der Waals surface area contributed by atoms with Gasteiger partial charge in [-0.2, -0.15) is 0 Å². The highest BCUT2D eigenvalue weighted by molar-refractivity contribution is 5.91. The Kier molecular flexibility index (Phi) is 17.3. The Labute approximate surface area is 313 Å². The van der Waals surface area contributed by atoms with Gasteiger partial charge in [0.1, 0.15) is 6.10 Å². The van der Waals surface area contributed by atoms with E-state index >= 15 is 0 Å². The van der Waals surface area contributed by atoms with Gasteiger partial charge in [-0.25, -0.2) is 19.2 Å². The van der Waals surface area contributed by atoms with Gasteiger partial charge in [0, 0.05) is 12.5 Å². The summed E-state index contributed by atoms with van der Waals surface area (Å²) in [6, 6.07) is 32.2. The van der Waals surface area contributed by atoms with Crippen LogP contribution >= 0.6 is 0 Å². The van der Waals surface area contributed by atoms with Crippen LogP contribution in [0.2, 0.25) is 0 Å². The molecule has 3 unspecified atom stereocenters. The summed E-state index contributed by atoms with van der Waals surface area (Å²) in [5.74, 6) is -4.17. The van der Waals surface area contributed by atoms with Crippen LogP contribution in [0.1, 0.15) is 48.4 Å². The number of benzene rings is 4. The molecule has 0 bridgehead atoms. The molecule has 3 N–H and O–H groups in total. The molecule has 0 aliphatic heterocycles. The van der Waals surface area contributed by atoms with E-state index in [0.29, 0.717) is 13.2 Å². The minimum atomic E-state index is -1.94. The molecule has 0 amide bonds. The Morgan fingerprint density at radius 1 is 0.519 bits per heavy atom. The van der Waals surface area contributed by atoms with E-state index in [2.05, 4.69) is 0 Å². The monoisotopic (exact) mass is 743 g/mol. The predicted molar refractivity (Wildman–Crippen MR) is 195 cm³/mol. The highest BCUT2D eigenvalue weighted by atomic mass is 16.7. The van der Waals surface area contributed by atoms with Crippen molar-refractivity contribution < 1.29 is 57.4 Å². The zero-order chi connectivity index (χ0) is 38.5. The fraction of sp³-hybridized carbons (Fsp3) is 0.317. The highest BCUT2D eigenvalue weighted by Gasteiger charge is 2.46. The number of hydrogen-bond acceptors (Lipinski definition) is 13. The van der Waals surface area contributed by atoms with E-state index in [1.807, 2.05) is 0 Å². The van der Waals surface area contributed by atoms with Gasteiger partial charge in [0.25, 0.3) is 0 Å². The lowest BCUT2D eigenvalue weighted by molar-refractivity contribution is -0.211. The molecule has 13 nitrogen and oxygen atoms in total. The second-order valence-electron chi connectivity index (χ2n) is 11.9. The van der Waals surface area contributed by atoms with Crippen molar-refractivity contribution in [1.29, 1.82) is 0 Å². The number of carbonyl (C=O) groups excluding carboxylic acids is 4. The minimum absolute atomic E-state index is 0.00906. The standard InChI is InChI=1S/C41H45NO12/c1-29(28-51-37(43)30-14-6-2-7-15-30)34(52-38(44)31-16-8-3-9-17-31)35(53-39(45)32-18-10-4-11-19-32)36(54-40(46)33-20-12-5-13-21-33)41(47)50-27-26-49-25-24-48-23-22-42/h2-21,29,34-36,41,47H,22-28,42H2,1H3/t29?,34-,35?,36?,41-/m1/s1. The average Bonchev–Trinajstić information content (AvgIpc) is 3.22.